The lowest BCUT2D eigenvalue weighted by molar-refractivity contribution is -0.142. The lowest BCUT2D eigenvalue weighted by Crippen LogP contribution is -2.51. The first-order valence-corrected chi connectivity index (χ1v) is 11.6. The van der Waals surface area contributed by atoms with Gasteiger partial charge in [0.1, 0.15) is 29.1 Å². The molecule has 2 amide bonds. The number of nitrogens with one attached hydrogen (secondary N) is 1. The highest BCUT2D eigenvalue weighted by Crippen LogP contribution is 2.27. The standard InChI is InChI=1S/C26H33FN2O5/c1-18(26(31)28-21-7-5-4-6-8-21)29(16-19-9-11-20(27)12-10-19)25(30)17-34-24-14-22(32-2)13-23(15-24)33-3/h9-15,18,21H,4-8,16-17H2,1-3H3,(H,28,31)/t18-/m1/s1. The van der Waals surface area contributed by atoms with Crippen LogP contribution in [0.1, 0.15) is 44.6 Å². The van der Waals surface area contributed by atoms with Crippen molar-refractivity contribution in [2.24, 2.45) is 0 Å². The van der Waals surface area contributed by atoms with Gasteiger partial charge < -0.3 is 24.4 Å². The Morgan fingerprint density at radius 1 is 1.00 bits per heavy atom. The lowest BCUT2D eigenvalue weighted by Gasteiger charge is -2.31. The molecule has 184 valence electrons. The van der Waals surface area contributed by atoms with Crippen LogP contribution in [0.15, 0.2) is 42.5 Å². The van der Waals surface area contributed by atoms with Gasteiger partial charge in [0.2, 0.25) is 5.91 Å². The Kier molecular flexibility index (Phi) is 9.13. The summed E-state index contributed by atoms with van der Waals surface area (Å²) < 4.78 is 29.6. The molecule has 34 heavy (non-hydrogen) atoms. The number of carbonyl (C=O) groups is 2. The van der Waals surface area contributed by atoms with Crippen molar-refractivity contribution in [2.45, 2.75) is 57.7 Å². The van der Waals surface area contributed by atoms with Crippen molar-refractivity contribution in [3.05, 3.63) is 53.8 Å². The van der Waals surface area contributed by atoms with Gasteiger partial charge in [-0.25, -0.2) is 4.39 Å². The molecule has 0 unspecified atom stereocenters. The van der Waals surface area contributed by atoms with Gasteiger partial charge in [-0.2, -0.15) is 0 Å². The van der Waals surface area contributed by atoms with Crippen LogP contribution in [0.5, 0.6) is 17.2 Å². The van der Waals surface area contributed by atoms with E-state index >= 15 is 0 Å². The third-order valence-electron chi connectivity index (χ3n) is 6.07. The minimum absolute atomic E-state index is 0.131. The maximum absolute atomic E-state index is 13.4. The predicted octanol–water partition coefficient (Wildman–Crippen LogP) is 4.09. The number of rotatable bonds is 10. The molecule has 1 atom stereocenters. The number of methoxy groups -OCH3 is 2. The highest BCUT2D eigenvalue weighted by molar-refractivity contribution is 5.88. The van der Waals surface area contributed by atoms with Gasteiger partial charge in [0, 0.05) is 30.8 Å². The number of hydrogen-bond acceptors (Lipinski definition) is 5. The number of carbonyl (C=O) groups excluding carboxylic acids is 2. The molecular weight excluding hydrogens is 439 g/mol. The maximum Gasteiger partial charge on any atom is 0.261 e. The van der Waals surface area contributed by atoms with Gasteiger partial charge in [-0.3, -0.25) is 9.59 Å². The van der Waals surface area contributed by atoms with Crippen LogP contribution in [-0.4, -0.2) is 49.6 Å². The largest absolute Gasteiger partial charge is 0.496 e. The minimum Gasteiger partial charge on any atom is -0.496 e. The van der Waals surface area contributed by atoms with Crippen LogP contribution in [-0.2, 0) is 16.1 Å². The fourth-order valence-corrected chi connectivity index (χ4v) is 4.03. The third kappa shape index (κ3) is 7.10. The van der Waals surface area contributed by atoms with E-state index in [9.17, 15) is 14.0 Å². The summed E-state index contributed by atoms with van der Waals surface area (Å²) in [5, 5.41) is 3.09. The van der Waals surface area contributed by atoms with E-state index in [1.807, 2.05) is 0 Å². The van der Waals surface area contributed by atoms with Crippen LogP contribution in [0, 0.1) is 5.82 Å². The summed E-state index contributed by atoms with van der Waals surface area (Å²) in [6.45, 7) is 1.58. The fraction of sp³-hybridized carbons (Fsp3) is 0.462. The molecule has 1 fully saturated rings. The summed E-state index contributed by atoms with van der Waals surface area (Å²) >= 11 is 0. The van der Waals surface area contributed by atoms with Gasteiger partial charge in [0.15, 0.2) is 6.61 Å². The van der Waals surface area contributed by atoms with Crippen molar-refractivity contribution >= 4 is 11.8 Å². The average Bonchev–Trinajstić information content (AvgIpc) is 2.86. The van der Waals surface area contributed by atoms with Crippen molar-refractivity contribution in [1.29, 1.82) is 0 Å². The van der Waals surface area contributed by atoms with Crippen molar-refractivity contribution in [2.75, 3.05) is 20.8 Å². The molecule has 0 heterocycles. The Morgan fingerprint density at radius 2 is 1.59 bits per heavy atom. The van der Waals surface area contributed by atoms with E-state index < -0.39 is 6.04 Å². The molecule has 7 nitrogen and oxygen atoms in total. The van der Waals surface area contributed by atoms with Crippen molar-refractivity contribution in [3.63, 3.8) is 0 Å². The predicted molar refractivity (Wildman–Crippen MR) is 126 cm³/mol. The molecule has 1 aliphatic carbocycles. The highest BCUT2D eigenvalue weighted by atomic mass is 19.1. The SMILES string of the molecule is COc1cc(OC)cc(OCC(=O)N(Cc2ccc(F)cc2)[C@H](C)C(=O)NC2CCCCC2)c1. The van der Waals surface area contributed by atoms with Crippen LogP contribution >= 0.6 is 0 Å². The minimum atomic E-state index is -0.720. The number of amides is 2. The summed E-state index contributed by atoms with van der Waals surface area (Å²) in [5.74, 6) is 0.545. The van der Waals surface area contributed by atoms with Crippen molar-refractivity contribution < 1.29 is 28.2 Å². The van der Waals surface area contributed by atoms with Crippen LogP contribution in [0.25, 0.3) is 0 Å². The molecule has 2 aromatic carbocycles. The maximum atomic E-state index is 13.4. The van der Waals surface area contributed by atoms with Gasteiger partial charge in [0.25, 0.3) is 5.91 Å². The number of halogens is 1. The van der Waals surface area contributed by atoms with Crippen LogP contribution in [0.2, 0.25) is 0 Å². The van der Waals surface area contributed by atoms with Gasteiger partial charge in [0.05, 0.1) is 14.2 Å². The van der Waals surface area contributed by atoms with Gasteiger partial charge in [-0.05, 0) is 37.5 Å². The molecule has 1 saturated carbocycles. The lowest BCUT2D eigenvalue weighted by atomic mass is 9.95. The topological polar surface area (TPSA) is 77.1 Å². The molecule has 0 saturated heterocycles. The molecule has 8 heteroatoms. The Hall–Kier alpha value is -3.29. The van der Waals surface area contributed by atoms with E-state index in [4.69, 9.17) is 14.2 Å². The summed E-state index contributed by atoms with van der Waals surface area (Å²) in [5.41, 5.74) is 0.718. The van der Waals surface area contributed by atoms with E-state index in [1.165, 1.54) is 37.7 Å². The summed E-state index contributed by atoms with van der Waals surface area (Å²) in [4.78, 5) is 27.7. The number of hydrogen-bond donors (Lipinski definition) is 1. The third-order valence-corrected chi connectivity index (χ3v) is 6.07. The fourth-order valence-electron chi connectivity index (χ4n) is 4.03. The molecule has 3 rings (SSSR count). The molecular formula is C26H33FN2O5. The van der Waals surface area contributed by atoms with Gasteiger partial charge in [-0.1, -0.05) is 31.4 Å². The summed E-state index contributed by atoms with van der Waals surface area (Å²) in [6.07, 6.45) is 5.27. The van der Waals surface area contributed by atoms with Gasteiger partial charge >= 0.3 is 0 Å². The van der Waals surface area contributed by atoms with E-state index in [2.05, 4.69) is 5.32 Å². The van der Waals surface area contributed by atoms with E-state index in [0.717, 1.165) is 31.2 Å². The first-order valence-electron chi connectivity index (χ1n) is 11.6. The van der Waals surface area contributed by atoms with E-state index in [1.54, 1.807) is 37.3 Å². The number of benzene rings is 2. The summed E-state index contributed by atoms with van der Waals surface area (Å²) in [7, 11) is 3.06. The zero-order valence-corrected chi connectivity index (χ0v) is 20.0. The summed E-state index contributed by atoms with van der Waals surface area (Å²) in [6, 6.07) is 10.3. The van der Waals surface area contributed by atoms with Crippen LogP contribution in [0.4, 0.5) is 4.39 Å². The second-order valence-electron chi connectivity index (χ2n) is 8.50. The monoisotopic (exact) mass is 472 g/mol. The molecule has 0 aromatic heterocycles. The molecule has 0 radical (unpaired) electrons. The second kappa shape index (κ2) is 12.3. The highest BCUT2D eigenvalue weighted by Gasteiger charge is 2.28. The molecule has 0 spiro atoms. The van der Waals surface area contributed by atoms with E-state index in [0.29, 0.717) is 17.2 Å². The molecule has 2 aromatic rings. The van der Waals surface area contributed by atoms with Crippen LogP contribution < -0.4 is 19.5 Å². The average molecular weight is 473 g/mol. The van der Waals surface area contributed by atoms with Crippen LogP contribution in [0.3, 0.4) is 0 Å². The van der Waals surface area contributed by atoms with Crippen molar-refractivity contribution in [3.8, 4) is 17.2 Å². The zero-order valence-electron chi connectivity index (χ0n) is 20.0. The second-order valence-corrected chi connectivity index (χ2v) is 8.50. The normalized spacial score (nSPS) is 14.7. The molecule has 0 bridgehead atoms. The Balaban J connectivity index is 1.73. The Bertz CT molecular complexity index is 938. The smallest absolute Gasteiger partial charge is 0.261 e. The number of nitrogens with zero attached hydrogens (tertiary/aromatic N) is 1. The Labute approximate surface area is 200 Å². The van der Waals surface area contributed by atoms with Crippen molar-refractivity contribution in [1.82, 2.24) is 10.2 Å². The quantitative estimate of drug-likeness (QED) is 0.564. The van der Waals surface area contributed by atoms with E-state index in [-0.39, 0.29) is 36.8 Å². The molecule has 1 N–H and O–H groups in total. The first-order chi connectivity index (χ1) is 16.4. The first kappa shape index (κ1) is 25.3. The molecule has 0 aliphatic heterocycles. The van der Waals surface area contributed by atoms with Gasteiger partial charge in [-0.15, -0.1) is 0 Å². The number of ether oxygens (including phenoxy) is 3. The Morgan fingerprint density at radius 3 is 2.18 bits per heavy atom. The molecule has 1 aliphatic rings. The zero-order chi connectivity index (χ0) is 24.5.